The maximum atomic E-state index is 12.6. The first kappa shape index (κ1) is 9.51. The van der Waals surface area contributed by atoms with Crippen molar-refractivity contribution in [3.8, 4) is 0 Å². The van der Waals surface area contributed by atoms with Crippen molar-refractivity contribution in [2.75, 3.05) is 13.1 Å². The number of alkyl halides is 2. The highest BCUT2D eigenvalue weighted by molar-refractivity contribution is 5.75. The van der Waals surface area contributed by atoms with Crippen molar-refractivity contribution >= 4 is 6.04 Å². The van der Waals surface area contributed by atoms with Crippen molar-refractivity contribution in [3.63, 3.8) is 0 Å². The lowest BCUT2D eigenvalue weighted by Gasteiger charge is -2.30. The van der Waals surface area contributed by atoms with E-state index in [-0.39, 0.29) is 13.1 Å². The van der Waals surface area contributed by atoms with Gasteiger partial charge in [0.25, 0.3) is 0 Å². The van der Waals surface area contributed by atoms with Gasteiger partial charge in [0, 0.05) is 13.1 Å². The van der Waals surface area contributed by atoms with Crippen LogP contribution in [0.3, 0.4) is 0 Å². The fraction of sp³-hybridized carbons (Fsp3) is 0.857. The second-order valence-electron chi connectivity index (χ2n) is 2.86. The predicted molar refractivity (Wildman–Crippen MR) is 36.5 cm³/mol. The van der Waals surface area contributed by atoms with Crippen LogP contribution < -0.4 is 0 Å². The first-order valence-corrected chi connectivity index (χ1v) is 3.88. The maximum absolute atomic E-state index is 12.6. The van der Waals surface area contributed by atoms with Gasteiger partial charge in [0.05, 0.1) is 0 Å². The van der Waals surface area contributed by atoms with Crippen LogP contribution in [0.4, 0.5) is 13.2 Å². The minimum absolute atomic E-state index is 0.0999. The number of nitrogens with zero attached hydrogens (tertiary/aromatic N) is 1. The van der Waals surface area contributed by atoms with Gasteiger partial charge in [0.15, 0.2) is 0 Å². The largest absolute Gasteiger partial charge is 0.395 e. The number of carbonyl (C=O) groups excluding carboxylic acids is 1. The van der Waals surface area contributed by atoms with Crippen LogP contribution in [0.2, 0.25) is 0 Å². The molecule has 1 heterocycles. The molecule has 0 spiro atoms. The van der Waals surface area contributed by atoms with E-state index >= 15 is 0 Å². The van der Waals surface area contributed by atoms with Gasteiger partial charge in [-0.1, -0.05) is 6.42 Å². The molecule has 0 aliphatic carbocycles. The summed E-state index contributed by atoms with van der Waals surface area (Å²) in [6.07, 6.45) is 2.07. The van der Waals surface area contributed by atoms with Crippen LogP contribution in [0.25, 0.3) is 0 Å². The third-order valence-corrected chi connectivity index (χ3v) is 1.99. The zero-order valence-corrected chi connectivity index (χ0v) is 6.52. The Morgan fingerprint density at radius 3 is 2.08 bits per heavy atom. The fourth-order valence-electron chi connectivity index (χ4n) is 1.30. The molecular weight excluding hydrogens is 171 g/mol. The summed E-state index contributed by atoms with van der Waals surface area (Å²) in [5.41, 5.74) is 0. The summed E-state index contributed by atoms with van der Waals surface area (Å²) in [6, 6.07) is -6.45. The lowest BCUT2D eigenvalue weighted by Crippen LogP contribution is -2.48. The van der Waals surface area contributed by atoms with Crippen molar-refractivity contribution in [3.05, 3.63) is 0 Å². The summed E-state index contributed by atoms with van der Waals surface area (Å²) < 4.78 is 37.1. The van der Waals surface area contributed by atoms with Gasteiger partial charge in [0.2, 0.25) is 0 Å². The van der Waals surface area contributed by atoms with Crippen LogP contribution in [0, 0.1) is 0 Å². The second-order valence-corrected chi connectivity index (χ2v) is 2.86. The third-order valence-electron chi connectivity index (χ3n) is 1.99. The SMILES string of the molecule is O=C(F)C(F)(F)N1CCCCC1. The monoisotopic (exact) mass is 181 g/mol. The number of likely N-dealkylation sites (tertiary alicyclic amines) is 1. The van der Waals surface area contributed by atoms with E-state index < -0.39 is 12.1 Å². The van der Waals surface area contributed by atoms with Crippen LogP contribution in [0.5, 0.6) is 0 Å². The Morgan fingerprint density at radius 2 is 1.67 bits per heavy atom. The molecule has 1 saturated heterocycles. The number of carbonyl (C=O) groups is 1. The molecule has 1 aliphatic heterocycles. The number of rotatable bonds is 2. The Morgan fingerprint density at radius 1 is 1.17 bits per heavy atom. The minimum Gasteiger partial charge on any atom is -0.252 e. The number of hydrogen-bond donors (Lipinski definition) is 0. The molecule has 0 amide bonds. The van der Waals surface area contributed by atoms with E-state index in [1.165, 1.54) is 0 Å². The molecule has 1 fully saturated rings. The van der Waals surface area contributed by atoms with E-state index in [9.17, 15) is 18.0 Å². The topological polar surface area (TPSA) is 20.3 Å². The first-order valence-electron chi connectivity index (χ1n) is 3.88. The highest BCUT2D eigenvalue weighted by Gasteiger charge is 2.45. The highest BCUT2D eigenvalue weighted by atomic mass is 19.3. The van der Waals surface area contributed by atoms with Gasteiger partial charge < -0.3 is 0 Å². The van der Waals surface area contributed by atoms with E-state index in [4.69, 9.17) is 0 Å². The smallest absolute Gasteiger partial charge is 0.252 e. The highest BCUT2D eigenvalue weighted by Crippen LogP contribution is 2.25. The molecule has 12 heavy (non-hydrogen) atoms. The molecular formula is C7H10F3NO. The first-order chi connectivity index (χ1) is 5.55. The summed E-state index contributed by atoms with van der Waals surface area (Å²) in [4.78, 5) is 10.5. The Balaban J connectivity index is 2.59. The number of hydrogen-bond acceptors (Lipinski definition) is 2. The fourth-order valence-corrected chi connectivity index (χ4v) is 1.30. The average molecular weight is 181 g/mol. The molecule has 1 aliphatic rings. The van der Waals surface area contributed by atoms with Crippen LogP contribution in [-0.4, -0.2) is 30.1 Å². The molecule has 2 nitrogen and oxygen atoms in total. The summed E-state index contributed by atoms with van der Waals surface area (Å²) in [6.45, 7) is 0.200. The molecule has 0 radical (unpaired) electrons. The summed E-state index contributed by atoms with van der Waals surface area (Å²) in [5.74, 6) is 0. The molecule has 0 N–H and O–H groups in total. The Kier molecular flexibility index (Phi) is 2.72. The van der Waals surface area contributed by atoms with Crippen LogP contribution in [0.1, 0.15) is 19.3 Å². The molecule has 0 aromatic heterocycles. The van der Waals surface area contributed by atoms with Crippen LogP contribution in [-0.2, 0) is 4.79 Å². The summed E-state index contributed by atoms with van der Waals surface area (Å²) in [7, 11) is 0. The average Bonchev–Trinajstić information content (AvgIpc) is 2.06. The molecule has 0 unspecified atom stereocenters. The van der Waals surface area contributed by atoms with Crippen molar-refractivity contribution in [2.45, 2.75) is 25.3 Å². The van der Waals surface area contributed by atoms with Crippen LogP contribution >= 0.6 is 0 Å². The van der Waals surface area contributed by atoms with Crippen molar-refractivity contribution < 1.29 is 18.0 Å². The number of piperidine rings is 1. The van der Waals surface area contributed by atoms with Gasteiger partial charge in [-0.2, -0.15) is 13.2 Å². The molecule has 5 heteroatoms. The second kappa shape index (κ2) is 3.43. The Bertz CT molecular complexity index is 177. The predicted octanol–water partition coefficient (Wildman–Crippen LogP) is 1.56. The van der Waals surface area contributed by atoms with Crippen molar-refractivity contribution in [1.82, 2.24) is 4.90 Å². The lowest BCUT2D eigenvalue weighted by atomic mass is 10.1. The zero-order valence-electron chi connectivity index (χ0n) is 6.52. The van der Waals surface area contributed by atoms with E-state index in [1.54, 1.807) is 0 Å². The maximum Gasteiger partial charge on any atom is 0.395 e. The van der Waals surface area contributed by atoms with Crippen molar-refractivity contribution in [1.29, 1.82) is 0 Å². The summed E-state index contributed by atoms with van der Waals surface area (Å²) in [5, 5.41) is 0. The van der Waals surface area contributed by atoms with Gasteiger partial charge >= 0.3 is 12.1 Å². The van der Waals surface area contributed by atoms with Crippen molar-refractivity contribution in [2.24, 2.45) is 0 Å². The van der Waals surface area contributed by atoms with E-state index in [2.05, 4.69) is 0 Å². The Hall–Kier alpha value is -0.580. The van der Waals surface area contributed by atoms with Crippen LogP contribution in [0.15, 0.2) is 0 Å². The zero-order chi connectivity index (χ0) is 9.19. The molecule has 70 valence electrons. The third kappa shape index (κ3) is 1.77. The summed E-state index contributed by atoms with van der Waals surface area (Å²) >= 11 is 0. The molecule has 0 bridgehead atoms. The quantitative estimate of drug-likeness (QED) is 0.476. The Labute approximate surface area is 68.3 Å². The van der Waals surface area contributed by atoms with Gasteiger partial charge in [-0.25, -0.2) is 4.90 Å². The molecule has 0 saturated carbocycles. The molecule has 1 rings (SSSR count). The number of halogens is 3. The van der Waals surface area contributed by atoms with Gasteiger partial charge in [0.1, 0.15) is 0 Å². The van der Waals surface area contributed by atoms with Gasteiger partial charge in [-0.15, -0.1) is 0 Å². The van der Waals surface area contributed by atoms with E-state index in [0.29, 0.717) is 17.7 Å². The minimum atomic E-state index is -3.90. The van der Waals surface area contributed by atoms with E-state index in [0.717, 1.165) is 6.42 Å². The van der Waals surface area contributed by atoms with Gasteiger partial charge in [-0.3, -0.25) is 4.79 Å². The molecule has 0 atom stereocenters. The normalized spacial score (nSPS) is 20.9. The molecule has 0 aromatic carbocycles. The lowest BCUT2D eigenvalue weighted by molar-refractivity contribution is -0.190. The van der Waals surface area contributed by atoms with Gasteiger partial charge in [-0.05, 0) is 12.8 Å². The standard InChI is InChI=1S/C7H10F3NO/c8-6(12)7(9,10)11-4-2-1-3-5-11/h1-5H2. The molecule has 0 aromatic rings. The van der Waals surface area contributed by atoms with E-state index in [1.807, 2.05) is 0 Å².